The minimum Gasteiger partial charge on any atom is -0.444 e. The third-order valence-electron chi connectivity index (χ3n) is 4.14. The molecule has 1 fully saturated rings. The molecular formula is C19H30N2O3. The van der Waals surface area contributed by atoms with Crippen molar-refractivity contribution in [3.05, 3.63) is 35.9 Å². The van der Waals surface area contributed by atoms with Gasteiger partial charge in [-0.15, -0.1) is 0 Å². The maximum Gasteiger partial charge on any atom is 0.410 e. The summed E-state index contributed by atoms with van der Waals surface area (Å²) >= 11 is 0. The molecule has 0 saturated carbocycles. The number of carbonyl (C=O) groups is 1. The average Bonchev–Trinajstić information content (AvgIpc) is 2.95. The molecule has 1 aliphatic heterocycles. The number of rotatable bonds is 6. The van der Waals surface area contributed by atoms with E-state index in [9.17, 15) is 9.90 Å². The number of benzene rings is 1. The molecule has 134 valence electrons. The van der Waals surface area contributed by atoms with Gasteiger partial charge in [0.1, 0.15) is 5.60 Å². The predicted molar refractivity (Wildman–Crippen MR) is 94.8 cm³/mol. The van der Waals surface area contributed by atoms with Crippen molar-refractivity contribution < 1.29 is 14.6 Å². The van der Waals surface area contributed by atoms with Crippen molar-refractivity contribution in [2.24, 2.45) is 0 Å². The molecule has 1 saturated heterocycles. The van der Waals surface area contributed by atoms with E-state index in [0.717, 1.165) is 32.5 Å². The third kappa shape index (κ3) is 5.80. The topological polar surface area (TPSA) is 53.0 Å². The van der Waals surface area contributed by atoms with Gasteiger partial charge < -0.3 is 14.7 Å². The molecule has 24 heavy (non-hydrogen) atoms. The second-order valence-corrected chi connectivity index (χ2v) is 7.41. The maximum atomic E-state index is 12.4. The number of amides is 1. The summed E-state index contributed by atoms with van der Waals surface area (Å²) in [5.41, 5.74) is 0.742. The second kappa shape index (κ2) is 8.49. The van der Waals surface area contributed by atoms with Gasteiger partial charge in [0, 0.05) is 32.2 Å². The van der Waals surface area contributed by atoms with Gasteiger partial charge in [0.05, 0.1) is 6.61 Å². The molecule has 1 amide bonds. The van der Waals surface area contributed by atoms with E-state index >= 15 is 0 Å². The smallest absolute Gasteiger partial charge is 0.410 e. The van der Waals surface area contributed by atoms with Crippen LogP contribution in [0.25, 0.3) is 0 Å². The highest BCUT2D eigenvalue weighted by Crippen LogP contribution is 2.22. The van der Waals surface area contributed by atoms with Crippen molar-refractivity contribution in [2.45, 2.75) is 51.8 Å². The van der Waals surface area contributed by atoms with E-state index < -0.39 is 5.60 Å². The third-order valence-corrected chi connectivity index (χ3v) is 4.14. The van der Waals surface area contributed by atoms with Crippen LogP contribution in [0.15, 0.2) is 30.3 Å². The molecule has 2 rings (SSSR count). The Morgan fingerprint density at radius 3 is 2.67 bits per heavy atom. The van der Waals surface area contributed by atoms with Crippen molar-refractivity contribution in [3.8, 4) is 0 Å². The van der Waals surface area contributed by atoms with Crippen LogP contribution in [-0.4, -0.2) is 58.9 Å². The monoisotopic (exact) mass is 334 g/mol. The summed E-state index contributed by atoms with van der Waals surface area (Å²) < 4.78 is 5.53. The van der Waals surface area contributed by atoms with E-state index in [-0.39, 0.29) is 18.7 Å². The fourth-order valence-corrected chi connectivity index (χ4v) is 3.10. The molecule has 1 atom stereocenters. The minimum absolute atomic E-state index is 0.117. The minimum atomic E-state index is -0.473. The first-order valence-corrected chi connectivity index (χ1v) is 8.76. The van der Waals surface area contributed by atoms with Crippen LogP contribution in [-0.2, 0) is 11.3 Å². The lowest BCUT2D eigenvalue weighted by Gasteiger charge is -2.32. The zero-order valence-corrected chi connectivity index (χ0v) is 15.1. The first-order chi connectivity index (χ1) is 11.4. The van der Waals surface area contributed by atoms with Gasteiger partial charge in [-0.05, 0) is 39.2 Å². The van der Waals surface area contributed by atoms with Gasteiger partial charge in [-0.3, -0.25) is 4.90 Å². The SMILES string of the molecule is CC(C)(C)OC(=O)N1CCCC1CN(CCO)Cc1ccccc1. The zero-order chi connectivity index (χ0) is 17.6. The summed E-state index contributed by atoms with van der Waals surface area (Å²) in [5.74, 6) is 0. The Hall–Kier alpha value is -1.59. The molecule has 1 aliphatic rings. The van der Waals surface area contributed by atoms with Gasteiger partial charge in [-0.25, -0.2) is 4.79 Å². The Balaban J connectivity index is 1.98. The summed E-state index contributed by atoms with van der Waals surface area (Å²) in [6.45, 7) is 8.68. The average molecular weight is 334 g/mol. The van der Waals surface area contributed by atoms with E-state index in [2.05, 4.69) is 17.0 Å². The lowest BCUT2D eigenvalue weighted by atomic mass is 10.1. The van der Waals surface area contributed by atoms with E-state index in [1.165, 1.54) is 5.56 Å². The van der Waals surface area contributed by atoms with Crippen molar-refractivity contribution >= 4 is 6.09 Å². The Labute approximate surface area is 145 Å². The highest BCUT2D eigenvalue weighted by molar-refractivity contribution is 5.69. The van der Waals surface area contributed by atoms with Gasteiger partial charge in [-0.2, -0.15) is 0 Å². The fourth-order valence-electron chi connectivity index (χ4n) is 3.10. The molecular weight excluding hydrogens is 304 g/mol. The number of aliphatic hydroxyl groups is 1. The summed E-state index contributed by atoms with van der Waals surface area (Å²) in [6.07, 6.45) is 1.76. The number of nitrogens with zero attached hydrogens (tertiary/aromatic N) is 2. The first kappa shape index (κ1) is 18.7. The quantitative estimate of drug-likeness (QED) is 0.869. The van der Waals surface area contributed by atoms with Crippen LogP contribution in [0.4, 0.5) is 4.79 Å². The van der Waals surface area contributed by atoms with E-state index in [1.807, 2.05) is 43.9 Å². The molecule has 0 radical (unpaired) electrons. The number of likely N-dealkylation sites (tertiary alicyclic amines) is 1. The maximum absolute atomic E-state index is 12.4. The molecule has 1 aromatic carbocycles. The van der Waals surface area contributed by atoms with Gasteiger partial charge >= 0.3 is 6.09 Å². The lowest BCUT2D eigenvalue weighted by molar-refractivity contribution is 0.0189. The summed E-state index contributed by atoms with van der Waals surface area (Å²) in [5, 5.41) is 9.37. The van der Waals surface area contributed by atoms with Gasteiger partial charge in [0.25, 0.3) is 0 Å². The van der Waals surface area contributed by atoms with Crippen LogP contribution in [0.2, 0.25) is 0 Å². The number of hydrogen-bond donors (Lipinski definition) is 1. The van der Waals surface area contributed by atoms with E-state index in [1.54, 1.807) is 0 Å². The van der Waals surface area contributed by atoms with E-state index in [4.69, 9.17) is 4.74 Å². The van der Waals surface area contributed by atoms with Crippen molar-refractivity contribution in [1.29, 1.82) is 0 Å². The predicted octanol–water partition coefficient (Wildman–Crippen LogP) is 2.88. The van der Waals surface area contributed by atoms with Crippen LogP contribution in [0, 0.1) is 0 Å². The Bertz CT molecular complexity index is 513. The molecule has 5 heteroatoms. The van der Waals surface area contributed by atoms with Crippen molar-refractivity contribution in [3.63, 3.8) is 0 Å². The van der Waals surface area contributed by atoms with Crippen LogP contribution in [0.5, 0.6) is 0 Å². The fraction of sp³-hybridized carbons (Fsp3) is 0.632. The molecule has 1 heterocycles. The molecule has 1 unspecified atom stereocenters. The van der Waals surface area contributed by atoms with Gasteiger partial charge in [0.2, 0.25) is 0 Å². The summed E-state index contributed by atoms with van der Waals surface area (Å²) in [4.78, 5) is 16.5. The van der Waals surface area contributed by atoms with Crippen LogP contribution in [0.1, 0.15) is 39.2 Å². The normalized spacial score (nSPS) is 18.2. The highest BCUT2D eigenvalue weighted by Gasteiger charge is 2.33. The highest BCUT2D eigenvalue weighted by atomic mass is 16.6. The number of ether oxygens (including phenoxy) is 1. The molecule has 0 bridgehead atoms. The first-order valence-electron chi connectivity index (χ1n) is 8.76. The molecule has 1 aromatic rings. The number of aliphatic hydroxyl groups excluding tert-OH is 1. The molecule has 5 nitrogen and oxygen atoms in total. The summed E-state index contributed by atoms with van der Waals surface area (Å²) in [7, 11) is 0. The van der Waals surface area contributed by atoms with Crippen molar-refractivity contribution in [1.82, 2.24) is 9.80 Å². The number of hydrogen-bond acceptors (Lipinski definition) is 4. The second-order valence-electron chi connectivity index (χ2n) is 7.41. The zero-order valence-electron chi connectivity index (χ0n) is 15.1. The lowest BCUT2D eigenvalue weighted by Crippen LogP contribution is -2.45. The molecule has 0 aromatic heterocycles. The molecule has 0 spiro atoms. The van der Waals surface area contributed by atoms with Crippen LogP contribution < -0.4 is 0 Å². The Morgan fingerprint density at radius 1 is 1.33 bits per heavy atom. The Morgan fingerprint density at radius 2 is 2.04 bits per heavy atom. The Kier molecular flexibility index (Phi) is 6.63. The van der Waals surface area contributed by atoms with E-state index in [0.29, 0.717) is 6.54 Å². The largest absolute Gasteiger partial charge is 0.444 e. The van der Waals surface area contributed by atoms with Crippen LogP contribution >= 0.6 is 0 Å². The van der Waals surface area contributed by atoms with Crippen LogP contribution in [0.3, 0.4) is 0 Å². The molecule has 1 N–H and O–H groups in total. The number of carbonyl (C=O) groups excluding carboxylic acids is 1. The van der Waals surface area contributed by atoms with Crippen molar-refractivity contribution in [2.75, 3.05) is 26.2 Å². The molecule has 0 aliphatic carbocycles. The van der Waals surface area contributed by atoms with Gasteiger partial charge in [0.15, 0.2) is 0 Å². The van der Waals surface area contributed by atoms with Gasteiger partial charge in [-0.1, -0.05) is 30.3 Å². The standard InChI is InChI=1S/C19H30N2O3/c1-19(2,3)24-18(23)21-11-7-10-17(21)15-20(12-13-22)14-16-8-5-4-6-9-16/h4-6,8-9,17,22H,7,10-15H2,1-3H3. The summed E-state index contributed by atoms with van der Waals surface area (Å²) in [6, 6.07) is 10.4.